The molecular formula is C5H15O11P3S. The van der Waals surface area contributed by atoms with Crippen molar-refractivity contribution in [1.29, 1.82) is 0 Å². The van der Waals surface area contributed by atoms with Crippen molar-refractivity contribution in [2.75, 3.05) is 13.2 Å². The Balaban J connectivity index is 4.41. The van der Waals surface area contributed by atoms with Crippen molar-refractivity contribution in [3.63, 3.8) is 0 Å². The lowest BCUT2D eigenvalue weighted by Gasteiger charge is -2.17. The molecule has 0 aliphatic heterocycles. The molecule has 0 amide bonds. The van der Waals surface area contributed by atoms with E-state index < -0.39 is 35.5 Å². The molecule has 0 bridgehead atoms. The summed E-state index contributed by atoms with van der Waals surface area (Å²) in [6.07, 6.45) is 0.659. The predicted molar refractivity (Wildman–Crippen MR) is 68.8 cm³/mol. The minimum Gasteiger partial charge on any atom is -0.365 e. The molecule has 0 saturated carbocycles. The fourth-order valence-electron chi connectivity index (χ4n) is 0.763. The molecule has 15 heteroatoms. The van der Waals surface area contributed by atoms with Gasteiger partial charge in [0.15, 0.2) is 0 Å². The van der Waals surface area contributed by atoms with Gasteiger partial charge in [0.1, 0.15) is 5.44 Å². The van der Waals surface area contributed by atoms with Gasteiger partial charge in [-0.1, -0.05) is 6.92 Å². The zero-order valence-corrected chi connectivity index (χ0v) is 13.7. The van der Waals surface area contributed by atoms with E-state index in [4.69, 9.17) is 24.3 Å². The second kappa shape index (κ2) is 8.38. The first-order valence-corrected chi connectivity index (χ1v) is 9.98. The maximum atomic E-state index is 11.3. The van der Waals surface area contributed by atoms with Crippen LogP contribution in [0.2, 0.25) is 0 Å². The molecule has 0 saturated heterocycles. The van der Waals surface area contributed by atoms with Crippen LogP contribution >= 0.6 is 36.1 Å². The average Bonchev–Trinajstić information content (AvgIpc) is 2.18. The van der Waals surface area contributed by atoms with Gasteiger partial charge in [0.05, 0.1) is 6.61 Å². The van der Waals surface area contributed by atoms with E-state index in [1.165, 1.54) is 0 Å². The molecule has 122 valence electrons. The van der Waals surface area contributed by atoms with Crippen LogP contribution in [0.15, 0.2) is 0 Å². The van der Waals surface area contributed by atoms with Crippen molar-refractivity contribution >= 4 is 36.1 Å². The molecule has 4 N–H and O–H groups in total. The number of rotatable bonds is 10. The van der Waals surface area contributed by atoms with Crippen LogP contribution in [0, 0.1) is 0 Å². The maximum Gasteiger partial charge on any atom is 0.490 e. The highest BCUT2D eigenvalue weighted by Crippen LogP contribution is 2.66. The molecule has 2 unspecified atom stereocenters. The Hall–Kier alpha value is 0.720. The molecule has 11 nitrogen and oxygen atoms in total. The molecule has 0 radical (unpaired) electrons. The van der Waals surface area contributed by atoms with Crippen LogP contribution in [0.1, 0.15) is 13.3 Å². The van der Waals surface area contributed by atoms with Crippen LogP contribution in [-0.2, 0) is 31.6 Å². The fourth-order valence-corrected chi connectivity index (χ4v) is 4.08. The quantitative estimate of drug-likeness (QED) is 0.209. The van der Waals surface area contributed by atoms with Crippen LogP contribution in [0.4, 0.5) is 0 Å². The average molecular weight is 376 g/mol. The Labute approximate surface area is 120 Å². The van der Waals surface area contributed by atoms with Gasteiger partial charge >= 0.3 is 23.5 Å². The van der Waals surface area contributed by atoms with Crippen LogP contribution in [-0.4, -0.2) is 38.2 Å². The Morgan fingerprint density at radius 2 is 1.60 bits per heavy atom. The summed E-state index contributed by atoms with van der Waals surface area (Å²) < 4.78 is 48.8. The number of hydrogen-bond acceptors (Lipinski definition) is 8. The third-order valence-corrected chi connectivity index (χ3v) is 5.41. The number of phosphoric acid groups is 3. The van der Waals surface area contributed by atoms with Crippen molar-refractivity contribution in [1.82, 2.24) is 0 Å². The molecule has 3 atom stereocenters. The van der Waals surface area contributed by atoms with Gasteiger partial charge in [-0.15, -0.1) is 12.6 Å². The first-order chi connectivity index (χ1) is 8.87. The third kappa shape index (κ3) is 11.4. The van der Waals surface area contributed by atoms with E-state index in [0.717, 1.165) is 0 Å². The van der Waals surface area contributed by atoms with Crippen molar-refractivity contribution in [3.8, 4) is 0 Å². The number of ether oxygens (including phenoxy) is 1. The summed E-state index contributed by atoms with van der Waals surface area (Å²) in [7, 11) is -16.0. The lowest BCUT2D eigenvalue weighted by Crippen LogP contribution is -2.13. The summed E-state index contributed by atoms with van der Waals surface area (Å²) in [5, 5.41) is 0. The van der Waals surface area contributed by atoms with E-state index in [0.29, 0.717) is 13.0 Å². The van der Waals surface area contributed by atoms with Crippen LogP contribution in [0.5, 0.6) is 0 Å². The Bertz CT molecular complexity index is 434. The number of hydrogen-bond donors (Lipinski definition) is 5. The largest absolute Gasteiger partial charge is 0.490 e. The predicted octanol–water partition coefficient (Wildman–Crippen LogP) is 1.01. The summed E-state index contributed by atoms with van der Waals surface area (Å²) in [5.74, 6) is 0. The molecule has 0 aromatic heterocycles. The highest BCUT2D eigenvalue weighted by Gasteiger charge is 2.40. The summed E-state index contributed by atoms with van der Waals surface area (Å²) in [4.78, 5) is 34.5. The van der Waals surface area contributed by atoms with Gasteiger partial charge in [0.25, 0.3) is 0 Å². The zero-order valence-electron chi connectivity index (χ0n) is 10.1. The van der Waals surface area contributed by atoms with E-state index in [-0.39, 0.29) is 0 Å². The van der Waals surface area contributed by atoms with E-state index >= 15 is 0 Å². The Morgan fingerprint density at radius 1 is 1.05 bits per heavy atom. The van der Waals surface area contributed by atoms with Gasteiger partial charge in [-0.05, 0) is 6.42 Å². The van der Waals surface area contributed by atoms with E-state index in [9.17, 15) is 13.7 Å². The first kappa shape index (κ1) is 20.7. The highest BCUT2D eigenvalue weighted by molar-refractivity contribution is 7.80. The van der Waals surface area contributed by atoms with Gasteiger partial charge in [0.2, 0.25) is 0 Å². The molecule has 0 aromatic carbocycles. The van der Waals surface area contributed by atoms with Crippen molar-refractivity contribution in [3.05, 3.63) is 0 Å². The minimum atomic E-state index is -5.48. The zero-order chi connectivity index (χ0) is 16.0. The molecule has 0 fully saturated rings. The first-order valence-electron chi connectivity index (χ1n) is 4.95. The summed E-state index contributed by atoms with van der Waals surface area (Å²) >= 11 is 3.83. The van der Waals surface area contributed by atoms with Gasteiger partial charge in [0, 0.05) is 6.61 Å². The van der Waals surface area contributed by atoms with Gasteiger partial charge in [-0.3, -0.25) is 4.52 Å². The summed E-state index contributed by atoms with van der Waals surface area (Å²) in [6.45, 7) is 1.53. The Kier molecular flexibility index (Phi) is 8.68. The summed E-state index contributed by atoms with van der Waals surface area (Å²) in [5.41, 5.74) is -0.903. The van der Waals surface area contributed by atoms with Gasteiger partial charge < -0.3 is 24.3 Å². The fraction of sp³-hybridized carbons (Fsp3) is 1.00. The molecule has 0 spiro atoms. The van der Waals surface area contributed by atoms with Crippen LogP contribution in [0.25, 0.3) is 0 Å². The van der Waals surface area contributed by atoms with Crippen molar-refractivity contribution < 1.29 is 51.2 Å². The third-order valence-electron chi connectivity index (χ3n) is 1.31. The van der Waals surface area contributed by atoms with E-state index in [1.54, 1.807) is 0 Å². The lowest BCUT2D eigenvalue weighted by molar-refractivity contribution is 0.0650. The molecular weight excluding hydrogens is 361 g/mol. The van der Waals surface area contributed by atoms with Gasteiger partial charge in [-0.25, -0.2) is 13.7 Å². The molecule has 0 aliphatic carbocycles. The highest BCUT2D eigenvalue weighted by atomic mass is 32.1. The smallest absolute Gasteiger partial charge is 0.365 e. The second-order valence-electron chi connectivity index (χ2n) is 3.21. The lowest BCUT2D eigenvalue weighted by atomic mass is 10.5. The van der Waals surface area contributed by atoms with Crippen molar-refractivity contribution in [2.45, 2.75) is 18.8 Å². The number of phosphoric ester groups is 1. The van der Waals surface area contributed by atoms with E-state index in [1.807, 2.05) is 6.92 Å². The van der Waals surface area contributed by atoms with E-state index in [2.05, 4.69) is 25.8 Å². The maximum absolute atomic E-state index is 11.3. The SMILES string of the molecule is CCCO[C@@H](S)COP(=O)(O)OP(=O)(O)OP(=O)(O)O. The molecule has 0 rings (SSSR count). The van der Waals surface area contributed by atoms with Crippen LogP contribution in [0.3, 0.4) is 0 Å². The topological polar surface area (TPSA) is 169 Å². The molecule has 0 aliphatic rings. The summed E-state index contributed by atoms with van der Waals surface area (Å²) in [6, 6.07) is 0. The molecule has 0 heterocycles. The normalized spacial score (nSPS) is 20.1. The number of thiol groups is 1. The van der Waals surface area contributed by atoms with Crippen molar-refractivity contribution in [2.24, 2.45) is 0 Å². The second-order valence-corrected chi connectivity index (χ2v) is 8.21. The minimum absolute atomic E-state index is 0.300. The molecule has 0 aromatic rings. The standard InChI is InChI=1S/C5H15O11P3S/c1-2-3-13-5(20)4-14-18(9,10)16-19(11,12)15-17(6,7)8/h5,20H,2-4H2,1H3,(H,9,10)(H,11,12)(H2,6,7,8)/t5-/m0/s1. The molecule has 20 heavy (non-hydrogen) atoms. The van der Waals surface area contributed by atoms with Crippen LogP contribution < -0.4 is 0 Å². The Morgan fingerprint density at radius 3 is 2.05 bits per heavy atom. The van der Waals surface area contributed by atoms with Gasteiger partial charge in [-0.2, -0.15) is 8.62 Å². The monoisotopic (exact) mass is 376 g/mol.